The Kier molecular flexibility index (Phi) is 11.2. The number of carbonyl (C=O) groups is 2. The Hall–Kier alpha value is -3.07. The Morgan fingerprint density at radius 1 is 1.03 bits per heavy atom. The minimum absolute atomic E-state index is 0.114. The summed E-state index contributed by atoms with van der Waals surface area (Å²) in [7, 11) is -3.56. The molecule has 214 valence electrons. The lowest BCUT2D eigenvalue weighted by Gasteiger charge is -2.32. The zero-order chi connectivity index (χ0) is 28.4. The van der Waals surface area contributed by atoms with Gasteiger partial charge in [-0.3, -0.25) is 13.9 Å². The first-order valence-electron chi connectivity index (χ1n) is 14.0. The first-order chi connectivity index (χ1) is 18.6. The molecule has 2 amide bonds. The van der Waals surface area contributed by atoms with Crippen LogP contribution in [0.1, 0.15) is 69.9 Å². The molecule has 8 nitrogen and oxygen atoms in total. The molecule has 1 fully saturated rings. The monoisotopic (exact) mass is 557 g/mol. The van der Waals surface area contributed by atoms with Gasteiger partial charge in [0.15, 0.2) is 0 Å². The number of nitrogens with zero attached hydrogens (tertiary/aromatic N) is 2. The molecule has 0 aliphatic heterocycles. The first kappa shape index (κ1) is 30.5. The van der Waals surface area contributed by atoms with Gasteiger partial charge in [-0.25, -0.2) is 8.42 Å². The van der Waals surface area contributed by atoms with Crippen LogP contribution in [0.5, 0.6) is 5.75 Å². The van der Waals surface area contributed by atoms with Gasteiger partial charge in [-0.1, -0.05) is 49.6 Å². The third-order valence-electron chi connectivity index (χ3n) is 7.15. The fourth-order valence-electron chi connectivity index (χ4n) is 5.06. The van der Waals surface area contributed by atoms with Gasteiger partial charge in [-0.05, 0) is 69.4 Å². The second kappa shape index (κ2) is 14.4. The van der Waals surface area contributed by atoms with Gasteiger partial charge in [0.25, 0.3) is 0 Å². The van der Waals surface area contributed by atoms with Crippen molar-refractivity contribution in [1.82, 2.24) is 10.2 Å². The molecule has 0 spiro atoms. The van der Waals surface area contributed by atoms with Crippen LogP contribution < -0.4 is 14.4 Å². The van der Waals surface area contributed by atoms with Crippen LogP contribution >= 0.6 is 0 Å². The summed E-state index contributed by atoms with van der Waals surface area (Å²) in [5.41, 5.74) is 2.60. The number of ether oxygens (including phenoxy) is 1. The molecule has 1 saturated carbocycles. The van der Waals surface area contributed by atoms with Crippen LogP contribution in [0, 0.1) is 6.92 Å². The van der Waals surface area contributed by atoms with Crippen molar-refractivity contribution >= 4 is 27.5 Å². The van der Waals surface area contributed by atoms with E-state index in [0.29, 0.717) is 37.4 Å². The summed E-state index contributed by atoms with van der Waals surface area (Å²) in [6.07, 6.45) is 6.28. The number of anilines is 1. The zero-order valence-corrected chi connectivity index (χ0v) is 24.5. The van der Waals surface area contributed by atoms with Crippen LogP contribution in [-0.4, -0.2) is 56.6 Å². The van der Waals surface area contributed by atoms with E-state index >= 15 is 0 Å². The fourth-order valence-corrected chi connectivity index (χ4v) is 6.02. The normalized spacial score (nSPS) is 14.6. The van der Waals surface area contributed by atoms with Crippen LogP contribution in [0.25, 0.3) is 0 Å². The molecule has 1 N–H and O–H groups in total. The number of benzene rings is 2. The van der Waals surface area contributed by atoms with E-state index in [0.717, 1.165) is 43.1 Å². The lowest BCUT2D eigenvalue weighted by Crippen LogP contribution is -2.51. The Morgan fingerprint density at radius 2 is 1.67 bits per heavy atom. The number of sulfonamides is 1. The van der Waals surface area contributed by atoms with E-state index in [9.17, 15) is 18.0 Å². The van der Waals surface area contributed by atoms with Gasteiger partial charge in [-0.15, -0.1) is 0 Å². The Balaban J connectivity index is 1.73. The van der Waals surface area contributed by atoms with Crippen LogP contribution in [0.15, 0.2) is 48.5 Å². The van der Waals surface area contributed by atoms with Crippen molar-refractivity contribution in [3.63, 3.8) is 0 Å². The molecule has 1 aliphatic carbocycles. The van der Waals surface area contributed by atoms with Gasteiger partial charge in [0.05, 0.1) is 18.6 Å². The van der Waals surface area contributed by atoms with Gasteiger partial charge >= 0.3 is 0 Å². The van der Waals surface area contributed by atoms with Crippen molar-refractivity contribution in [2.24, 2.45) is 0 Å². The molecule has 0 saturated heterocycles. The zero-order valence-electron chi connectivity index (χ0n) is 23.7. The van der Waals surface area contributed by atoms with E-state index in [4.69, 9.17) is 4.74 Å². The highest BCUT2D eigenvalue weighted by Crippen LogP contribution is 2.23. The van der Waals surface area contributed by atoms with E-state index in [2.05, 4.69) is 5.32 Å². The molecule has 1 unspecified atom stereocenters. The second-order valence-corrected chi connectivity index (χ2v) is 12.2. The standard InChI is InChI=1S/C30H43N3O5S/c1-5-28(30(35)31-25-10-7-8-11-25)32(22-24-15-13-23(3)14-16-24)29(34)12-9-21-33(39(4,36)37)26-17-19-27(20-18-26)38-6-2/h13-20,25,28H,5-12,21-22H2,1-4H3,(H,31,35). The van der Waals surface area contributed by atoms with Gasteiger partial charge in [0.2, 0.25) is 21.8 Å². The Labute approximate surface area is 233 Å². The summed E-state index contributed by atoms with van der Waals surface area (Å²) in [6, 6.07) is 14.4. The third kappa shape index (κ3) is 8.98. The number of amides is 2. The smallest absolute Gasteiger partial charge is 0.243 e. The predicted octanol–water partition coefficient (Wildman–Crippen LogP) is 4.81. The molecular formula is C30H43N3O5S. The number of hydrogen-bond acceptors (Lipinski definition) is 5. The average Bonchev–Trinajstić information content (AvgIpc) is 3.40. The Morgan fingerprint density at radius 3 is 2.23 bits per heavy atom. The van der Waals surface area contributed by atoms with Crippen molar-refractivity contribution in [3.8, 4) is 5.75 Å². The number of carbonyl (C=O) groups excluding carboxylic acids is 2. The third-order valence-corrected chi connectivity index (χ3v) is 8.34. The molecule has 3 rings (SSSR count). The molecule has 0 heterocycles. The maximum atomic E-state index is 13.6. The molecule has 1 atom stereocenters. The van der Waals surface area contributed by atoms with Crippen LogP contribution in [0.2, 0.25) is 0 Å². The first-order valence-corrected chi connectivity index (χ1v) is 15.8. The molecule has 0 aromatic heterocycles. The van der Waals surface area contributed by atoms with Crippen LogP contribution in [-0.2, 0) is 26.2 Å². The molecule has 0 radical (unpaired) electrons. The maximum absolute atomic E-state index is 13.6. The topological polar surface area (TPSA) is 96.0 Å². The lowest BCUT2D eigenvalue weighted by molar-refractivity contribution is -0.141. The quantitative estimate of drug-likeness (QED) is 0.360. The van der Waals surface area contributed by atoms with Crippen LogP contribution in [0.3, 0.4) is 0 Å². The maximum Gasteiger partial charge on any atom is 0.243 e. The summed E-state index contributed by atoms with van der Waals surface area (Å²) in [5.74, 6) is 0.388. The van der Waals surface area contributed by atoms with E-state index in [-0.39, 0.29) is 30.8 Å². The van der Waals surface area contributed by atoms with Crippen molar-refractivity contribution in [1.29, 1.82) is 0 Å². The summed E-state index contributed by atoms with van der Waals surface area (Å²) in [6.45, 7) is 6.82. The SMILES string of the molecule is CCOc1ccc(N(CCCC(=O)N(Cc2ccc(C)cc2)C(CC)C(=O)NC2CCCC2)S(C)(=O)=O)cc1. The van der Waals surface area contributed by atoms with E-state index in [1.54, 1.807) is 29.2 Å². The average molecular weight is 558 g/mol. The van der Waals surface area contributed by atoms with Crippen molar-refractivity contribution in [2.75, 3.05) is 23.7 Å². The van der Waals surface area contributed by atoms with Gasteiger partial charge in [0.1, 0.15) is 11.8 Å². The summed E-state index contributed by atoms with van der Waals surface area (Å²) < 4.78 is 31.9. The molecule has 2 aromatic rings. The molecular weight excluding hydrogens is 514 g/mol. The molecule has 0 bridgehead atoms. The highest BCUT2D eigenvalue weighted by Gasteiger charge is 2.30. The molecule has 2 aromatic carbocycles. The number of hydrogen-bond donors (Lipinski definition) is 1. The van der Waals surface area contributed by atoms with E-state index < -0.39 is 16.1 Å². The van der Waals surface area contributed by atoms with E-state index in [1.807, 2.05) is 45.0 Å². The Bertz CT molecular complexity index is 1180. The summed E-state index contributed by atoms with van der Waals surface area (Å²) >= 11 is 0. The summed E-state index contributed by atoms with van der Waals surface area (Å²) in [5, 5.41) is 3.16. The van der Waals surface area contributed by atoms with Gasteiger partial charge < -0.3 is 15.0 Å². The van der Waals surface area contributed by atoms with Crippen molar-refractivity contribution < 1.29 is 22.7 Å². The van der Waals surface area contributed by atoms with Crippen LogP contribution in [0.4, 0.5) is 5.69 Å². The predicted molar refractivity (Wildman–Crippen MR) is 155 cm³/mol. The molecule has 9 heteroatoms. The number of rotatable bonds is 14. The van der Waals surface area contributed by atoms with Crippen molar-refractivity contribution in [2.45, 2.75) is 84.3 Å². The highest BCUT2D eigenvalue weighted by molar-refractivity contribution is 7.92. The minimum atomic E-state index is -3.56. The molecule has 1 aliphatic rings. The fraction of sp³-hybridized carbons (Fsp3) is 0.533. The lowest BCUT2D eigenvalue weighted by atomic mass is 10.1. The second-order valence-electron chi connectivity index (χ2n) is 10.3. The van der Waals surface area contributed by atoms with Gasteiger partial charge in [0, 0.05) is 25.6 Å². The minimum Gasteiger partial charge on any atom is -0.494 e. The highest BCUT2D eigenvalue weighted by atomic mass is 32.2. The molecule has 39 heavy (non-hydrogen) atoms. The number of nitrogens with one attached hydrogen (secondary N) is 1. The van der Waals surface area contributed by atoms with E-state index in [1.165, 1.54) is 4.31 Å². The number of aryl methyl sites for hydroxylation is 1. The van der Waals surface area contributed by atoms with Gasteiger partial charge in [-0.2, -0.15) is 0 Å². The largest absolute Gasteiger partial charge is 0.494 e. The van der Waals surface area contributed by atoms with Crippen molar-refractivity contribution in [3.05, 3.63) is 59.7 Å². The summed E-state index contributed by atoms with van der Waals surface area (Å²) in [4.78, 5) is 28.6.